The summed E-state index contributed by atoms with van der Waals surface area (Å²) in [7, 11) is 4.03. The molecule has 7 nitrogen and oxygen atoms in total. The molecule has 44 heavy (non-hydrogen) atoms. The number of esters is 1. The molecular formula is C37H35N3O4+2. The first-order chi connectivity index (χ1) is 21.3. The van der Waals surface area contributed by atoms with Gasteiger partial charge in [0, 0.05) is 53.1 Å². The van der Waals surface area contributed by atoms with Gasteiger partial charge in [0.1, 0.15) is 14.1 Å². The molecule has 0 radical (unpaired) electrons. The highest BCUT2D eigenvalue weighted by atomic mass is 16.6. The molecule has 5 rings (SSSR count). The third kappa shape index (κ3) is 6.47. The number of hydrogen-bond donors (Lipinski definition) is 0. The van der Waals surface area contributed by atoms with E-state index in [1.54, 1.807) is 25.1 Å². The number of fused-ring (bicyclic) bond motifs is 2. The van der Waals surface area contributed by atoms with Gasteiger partial charge < -0.3 is 4.74 Å². The summed E-state index contributed by atoms with van der Waals surface area (Å²) in [6.07, 6.45) is 10.6. The van der Waals surface area contributed by atoms with Crippen LogP contribution in [0, 0.1) is 10.1 Å². The van der Waals surface area contributed by atoms with E-state index in [0.29, 0.717) is 5.57 Å². The lowest BCUT2D eigenvalue weighted by molar-refractivity contribution is -0.646. The number of pyridine rings is 1. The van der Waals surface area contributed by atoms with Crippen molar-refractivity contribution in [3.63, 3.8) is 0 Å². The Morgan fingerprint density at radius 2 is 1.68 bits per heavy atom. The quantitative estimate of drug-likeness (QED) is 0.0690. The lowest BCUT2D eigenvalue weighted by Crippen LogP contribution is -2.40. The van der Waals surface area contributed by atoms with Gasteiger partial charge in [-0.05, 0) is 67.0 Å². The number of rotatable bonds is 8. The monoisotopic (exact) mass is 585 g/mol. The van der Waals surface area contributed by atoms with E-state index in [0.717, 1.165) is 50.8 Å². The lowest BCUT2D eigenvalue weighted by atomic mass is 10.00. The van der Waals surface area contributed by atoms with Crippen LogP contribution in [0.4, 0.5) is 5.69 Å². The van der Waals surface area contributed by atoms with E-state index >= 15 is 0 Å². The zero-order chi connectivity index (χ0) is 31.2. The van der Waals surface area contributed by atoms with Gasteiger partial charge in [-0.2, -0.15) is 9.14 Å². The molecule has 4 aromatic rings. The predicted octanol–water partition coefficient (Wildman–Crippen LogP) is 5.44. The summed E-state index contributed by atoms with van der Waals surface area (Å²) in [6, 6.07) is 26.9. The first-order valence-corrected chi connectivity index (χ1v) is 14.5. The second kappa shape index (κ2) is 13.3. The molecule has 1 aliphatic heterocycles. The highest BCUT2D eigenvalue weighted by Gasteiger charge is 2.18. The maximum absolute atomic E-state index is 13.3. The Morgan fingerprint density at radius 1 is 0.955 bits per heavy atom. The molecule has 0 fully saturated rings. The van der Waals surface area contributed by atoms with Crippen molar-refractivity contribution in [3.05, 3.63) is 152 Å². The summed E-state index contributed by atoms with van der Waals surface area (Å²) in [6.45, 7) is 3.95. The molecule has 7 heteroatoms. The molecule has 0 atom stereocenters. The van der Waals surface area contributed by atoms with Gasteiger partial charge in [0.25, 0.3) is 5.69 Å². The van der Waals surface area contributed by atoms with E-state index in [9.17, 15) is 14.9 Å². The number of aromatic nitrogens is 1. The summed E-state index contributed by atoms with van der Waals surface area (Å²) >= 11 is 0. The molecule has 3 aromatic carbocycles. The minimum Gasteiger partial charge on any atom is -0.462 e. The third-order valence-corrected chi connectivity index (χ3v) is 7.83. The van der Waals surface area contributed by atoms with Crippen LogP contribution in [0.3, 0.4) is 0 Å². The van der Waals surface area contributed by atoms with E-state index in [2.05, 4.69) is 45.6 Å². The maximum atomic E-state index is 13.3. The SMILES string of the molecule is CCOC(=O)C(/C=C/C(=C/c1ccc2ccccc2[n+]1C)c1ccc([N+](=O)[O-])cc1)=C(C)\C=C1\CC=c2ccccc2=[N+]1C. The van der Waals surface area contributed by atoms with Gasteiger partial charge >= 0.3 is 5.97 Å². The van der Waals surface area contributed by atoms with Crippen molar-refractivity contribution in [2.45, 2.75) is 20.3 Å². The minimum atomic E-state index is -0.416. The zero-order valence-electron chi connectivity index (χ0n) is 25.4. The van der Waals surface area contributed by atoms with Gasteiger partial charge in [-0.15, -0.1) is 0 Å². The Morgan fingerprint density at radius 3 is 2.43 bits per heavy atom. The standard InChI is InChI=1S/C37H35N3O4/c1-5-44-37(41)34(26(2)24-32-21-16-28-10-6-8-12-35(28)38(32)3)23-18-30(27-14-19-31(20-15-27)40(42)43)25-33-22-17-29-11-7-9-13-36(29)39(33)4/h6-20,22-25H,5,21H2,1-4H3/q+2/b23-18+,30-25-,32-24-,34-26-. The van der Waals surface area contributed by atoms with Crippen molar-refractivity contribution in [1.29, 1.82) is 0 Å². The van der Waals surface area contributed by atoms with Crippen molar-refractivity contribution in [3.8, 4) is 0 Å². The van der Waals surface area contributed by atoms with Crippen molar-refractivity contribution in [2.24, 2.45) is 7.05 Å². The maximum Gasteiger partial charge on any atom is 0.338 e. The number of benzene rings is 3. The Kier molecular flexibility index (Phi) is 9.05. The number of non-ortho nitro benzene ring substituents is 1. The Hall–Kier alpha value is -5.43. The third-order valence-electron chi connectivity index (χ3n) is 7.83. The first kappa shape index (κ1) is 30.0. The molecule has 2 heterocycles. The molecular weight excluding hydrogens is 550 g/mol. The van der Waals surface area contributed by atoms with Crippen LogP contribution in [0.1, 0.15) is 31.5 Å². The zero-order valence-corrected chi connectivity index (χ0v) is 25.4. The van der Waals surface area contributed by atoms with E-state index in [1.807, 2.05) is 69.6 Å². The molecule has 0 N–H and O–H groups in total. The summed E-state index contributed by atoms with van der Waals surface area (Å²) in [5.74, 6) is -0.416. The molecule has 0 unspecified atom stereocenters. The van der Waals surface area contributed by atoms with E-state index in [-0.39, 0.29) is 12.3 Å². The van der Waals surface area contributed by atoms with Crippen LogP contribution < -0.4 is 19.7 Å². The van der Waals surface area contributed by atoms with Crippen LogP contribution in [-0.4, -0.2) is 24.5 Å². The number of aryl methyl sites for hydroxylation is 1. The number of carbonyl (C=O) groups is 1. The van der Waals surface area contributed by atoms with Crippen LogP contribution in [0.25, 0.3) is 28.6 Å². The Labute approximate surface area is 256 Å². The van der Waals surface area contributed by atoms with Crippen molar-refractivity contribution < 1.29 is 19.0 Å². The van der Waals surface area contributed by atoms with Gasteiger partial charge in [0.15, 0.2) is 5.70 Å². The van der Waals surface area contributed by atoms with Crippen LogP contribution in [-0.2, 0) is 16.6 Å². The van der Waals surface area contributed by atoms with Gasteiger partial charge in [0.2, 0.25) is 16.6 Å². The number of carbonyl (C=O) groups excluding carboxylic acids is 1. The Balaban J connectivity index is 1.63. The van der Waals surface area contributed by atoms with E-state index in [1.165, 1.54) is 17.4 Å². The van der Waals surface area contributed by atoms with Crippen molar-refractivity contribution in [1.82, 2.24) is 4.58 Å². The fraction of sp³-hybridized carbons (Fsp3) is 0.162. The number of nitrogens with zero attached hydrogens (tertiary/aromatic N) is 3. The summed E-state index contributed by atoms with van der Waals surface area (Å²) < 4.78 is 9.71. The molecule has 0 saturated carbocycles. The van der Waals surface area contributed by atoms with E-state index < -0.39 is 10.9 Å². The Bertz CT molecular complexity index is 2020. The van der Waals surface area contributed by atoms with Crippen molar-refractivity contribution in [2.75, 3.05) is 13.7 Å². The normalized spacial score (nSPS) is 14.8. The molecule has 220 valence electrons. The minimum absolute atomic E-state index is 0.0119. The smallest absolute Gasteiger partial charge is 0.338 e. The highest BCUT2D eigenvalue weighted by Crippen LogP contribution is 2.24. The molecule has 0 amide bonds. The number of ether oxygens (including phenoxy) is 1. The first-order valence-electron chi connectivity index (χ1n) is 14.5. The number of hydrogen-bond acceptors (Lipinski definition) is 4. The molecule has 0 bridgehead atoms. The van der Waals surface area contributed by atoms with Crippen LogP contribution in [0.15, 0.2) is 120 Å². The van der Waals surface area contributed by atoms with Crippen molar-refractivity contribution >= 4 is 40.3 Å². The fourth-order valence-electron chi connectivity index (χ4n) is 5.37. The molecule has 1 aliphatic rings. The van der Waals surface area contributed by atoms with E-state index in [4.69, 9.17) is 4.74 Å². The number of nitro benzene ring substituents is 1. The number of para-hydroxylation sites is 2. The van der Waals surface area contributed by atoms with Gasteiger partial charge in [-0.3, -0.25) is 10.1 Å². The largest absolute Gasteiger partial charge is 0.462 e. The second-order valence-corrected chi connectivity index (χ2v) is 10.6. The average Bonchev–Trinajstić information content (AvgIpc) is 3.03. The van der Waals surface area contributed by atoms with Crippen LogP contribution >= 0.6 is 0 Å². The summed E-state index contributed by atoms with van der Waals surface area (Å²) in [5.41, 5.74) is 5.83. The van der Waals surface area contributed by atoms with Gasteiger partial charge in [-0.1, -0.05) is 36.4 Å². The second-order valence-electron chi connectivity index (χ2n) is 10.6. The van der Waals surface area contributed by atoms with Crippen LogP contribution in [0.2, 0.25) is 0 Å². The number of allylic oxidation sites excluding steroid dienone is 5. The fourth-order valence-corrected chi connectivity index (χ4v) is 5.37. The molecule has 0 aliphatic carbocycles. The molecule has 1 aromatic heterocycles. The molecule has 0 saturated heterocycles. The lowest BCUT2D eigenvalue weighted by Gasteiger charge is -2.09. The average molecular weight is 586 g/mol. The topological polar surface area (TPSA) is 76.3 Å². The number of nitro groups is 1. The van der Waals surface area contributed by atoms with Gasteiger partial charge in [0.05, 0.1) is 23.5 Å². The summed E-state index contributed by atoms with van der Waals surface area (Å²) in [4.78, 5) is 24.2. The summed E-state index contributed by atoms with van der Waals surface area (Å²) in [5, 5.41) is 14.7. The van der Waals surface area contributed by atoms with Gasteiger partial charge in [-0.25, -0.2) is 4.79 Å². The van der Waals surface area contributed by atoms with Crippen LogP contribution in [0.5, 0.6) is 0 Å². The molecule has 0 spiro atoms. The predicted molar refractivity (Wildman–Crippen MR) is 175 cm³/mol. The highest BCUT2D eigenvalue weighted by molar-refractivity contribution is 5.95.